The van der Waals surface area contributed by atoms with Crippen LogP contribution in [0.25, 0.3) is 0 Å². The average molecular weight is 247 g/mol. The number of hydrogen-bond donors (Lipinski definition) is 2. The summed E-state index contributed by atoms with van der Waals surface area (Å²) in [6.45, 7) is 6.44. The normalized spacial score (nSPS) is 12.3. The minimum atomic E-state index is -3.89. The van der Waals surface area contributed by atoms with Crippen LogP contribution in [0.15, 0.2) is 0 Å². The van der Waals surface area contributed by atoms with Gasteiger partial charge in [0, 0.05) is 5.54 Å². The summed E-state index contributed by atoms with van der Waals surface area (Å²) in [5.41, 5.74) is -0.554. The summed E-state index contributed by atoms with van der Waals surface area (Å²) in [4.78, 5) is 0. The molecule has 0 saturated heterocycles. The first-order valence-corrected chi connectivity index (χ1v) is 6.58. The summed E-state index contributed by atoms with van der Waals surface area (Å²) < 4.78 is 30.0. The third-order valence-electron chi connectivity index (χ3n) is 1.93. The molecule has 0 aliphatic heterocycles. The van der Waals surface area contributed by atoms with E-state index in [9.17, 15) is 8.42 Å². The second kappa shape index (κ2) is 8.03. The number of rotatable bonds is 7. The Kier molecular flexibility index (Phi) is 9.77. The van der Waals surface area contributed by atoms with Crippen LogP contribution in [0.2, 0.25) is 0 Å². The van der Waals surface area contributed by atoms with Crippen LogP contribution in [0.5, 0.6) is 0 Å². The van der Waals surface area contributed by atoms with E-state index in [4.69, 9.17) is 4.55 Å². The molecule has 2 N–H and O–H groups in total. The Morgan fingerprint density at radius 2 is 1.80 bits per heavy atom. The summed E-state index contributed by atoms with van der Waals surface area (Å²) in [6, 6.07) is 0. The van der Waals surface area contributed by atoms with E-state index >= 15 is 0 Å². The van der Waals surface area contributed by atoms with Gasteiger partial charge in [0.15, 0.2) is 0 Å². The molecule has 0 fully saturated rings. The van der Waals surface area contributed by atoms with E-state index in [2.05, 4.69) is 12.2 Å². The van der Waals surface area contributed by atoms with Crippen molar-refractivity contribution in [3.63, 3.8) is 0 Å². The van der Waals surface area contributed by atoms with E-state index in [1.54, 1.807) is 13.8 Å². The van der Waals surface area contributed by atoms with Gasteiger partial charge in [0.05, 0.1) is 5.75 Å². The van der Waals surface area contributed by atoms with Gasteiger partial charge in [-0.25, -0.2) is 0 Å². The molecule has 6 heteroatoms. The average Bonchev–Trinajstić information content (AvgIpc) is 1.93. The van der Waals surface area contributed by atoms with Gasteiger partial charge in [-0.15, -0.1) is 0 Å². The van der Waals surface area contributed by atoms with Crippen LogP contribution in [0.1, 0.15) is 40.0 Å². The van der Waals surface area contributed by atoms with Crippen LogP contribution in [-0.4, -0.2) is 60.4 Å². The summed E-state index contributed by atoms with van der Waals surface area (Å²) in [5, 5.41) is 3.11. The van der Waals surface area contributed by atoms with Crippen LogP contribution in [0, 0.1) is 0 Å². The fourth-order valence-electron chi connectivity index (χ4n) is 1.31. The van der Waals surface area contributed by atoms with E-state index in [1.165, 1.54) is 0 Å². The Morgan fingerprint density at radius 3 is 2.20 bits per heavy atom. The van der Waals surface area contributed by atoms with E-state index in [0.717, 1.165) is 25.8 Å². The quantitative estimate of drug-likeness (QED) is 0.396. The van der Waals surface area contributed by atoms with Crippen LogP contribution in [-0.2, 0) is 10.1 Å². The van der Waals surface area contributed by atoms with Gasteiger partial charge in [0.1, 0.15) is 0 Å². The van der Waals surface area contributed by atoms with Crippen LogP contribution in [0.3, 0.4) is 0 Å². The first-order valence-electron chi connectivity index (χ1n) is 4.97. The number of hydrogen-bond acceptors (Lipinski definition) is 3. The maximum absolute atomic E-state index is 10.7. The Hall–Kier alpha value is 0.870. The predicted octanol–water partition coefficient (Wildman–Crippen LogP) is 0.784. The Bertz CT molecular complexity index is 252. The van der Waals surface area contributed by atoms with E-state index in [-0.39, 0.29) is 35.3 Å². The molecule has 0 heterocycles. The summed E-state index contributed by atoms with van der Waals surface area (Å²) in [7, 11) is -3.89. The SMILES string of the molecule is CCCCCNC(C)(C)CS(=O)(=O)O.[NaH]. The molecule has 0 aromatic carbocycles. The topological polar surface area (TPSA) is 66.4 Å². The van der Waals surface area contributed by atoms with Crippen LogP contribution in [0.4, 0.5) is 0 Å². The zero-order valence-electron chi connectivity index (χ0n) is 9.21. The van der Waals surface area contributed by atoms with Crippen molar-refractivity contribution in [1.29, 1.82) is 0 Å². The molecule has 0 aliphatic rings. The van der Waals surface area contributed by atoms with Gasteiger partial charge in [-0.3, -0.25) is 4.55 Å². The van der Waals surface area contributed by atoms with Crippen LogP contribution >= 0.6 is 0 Å². The molecular weight excluding hydrogens is 225 g/mol. The van der Waals surface area contributed by atoms with Gasteiger partial charge in [-0.2, -0.15) is 8.42 Å². The molecule has 0 radical (unpaired) electrons. The molecule has 0 aromatic heterocycles. The molecule has 88 valence electrons. The molecule has 0 saturated carbocycles. The molecular formula is C9H22NNaO3S. The maximum atomic E-state index is 10.7. The molecule has 0 atom stereocenters. The molecule has 0 unspecified atom stereocenters. The van der Waals surface area contributed by atoms with Gasteiger partial charge < -0.3 is 5.32 Å². The van der Waals surface area contributed by atoms with E-state index in [0.29, 0.717) is 0 Å². The molecule has 15 heavy (non-hydrogen) atoms. The molecule has 0 amide bonds. The number of unbranched alkanes of at least 4 members (excludes halogenated alkanes) is 2. The zero-order chi connectivity index (χ0) is 11.2. The third-order valence-corrected chi connectivity index (χ3v) is 3.01. The van der Waals surface area contributed by atoms with Crippen molar-refractivity contribution < 1.29 is 13.0 Å². The second-order valence-corrected chi connectivity index (χ2v) is 5.70. The van der Waals surface area contributed by atoms with E-state index in [1.807, 2.05) is 0 Å². The standard InChI is InChI=1S/C9H21NO3S.Na.H/c1-4-5-6-7-10-9(2,3)8-14(11,12)13;;/h10H,4-8H2,1-3H3,(H,11,12,13);;. The molecule has 4 nitrogen and oxygen atoms in total. The fourth-order valence-corrected chi connectivity index (χ4v) is 2.32. The van der Waals surface area contributed by atoms with E-state index < -0.39 is 15.7 Å². The Labute approximate surface area is 115 Å². The summed E-state index contributed by atoms with van der Waals surface area (Å²) in [5.74, 6) is -0.244. The second-order valence-electron chi connectivity index (χ2n) is 4.24. The van der Waals surface area contributed by atoms with Crippen molar-refractivity contribution in [2.45, 2.75) is 45.6 Å². The van der Waals surface area contributed by atoms with Crippen molar-refractivity contribution in [3.8, 4) is 0 Å². The monoisotopic (exact) mass is 247 g/mol. The predicted molar refractivity (Wildman–Crippen MR) is 65.2 cm³/mol. The third kappa shape index (κ3) is 12.8. The van der Waals surface area contributed by atoms with Gasteiger partial charge in [-0.05, 0) is 26.8 Å². The van der Waals surface area contributed by atoms with Gasteiger partial charge in [0.2, 0.25) is 0 Å². The fraction of sp³-hybridized carbons (Fsp3) is 1.00. The first kappa shape index (κ1) is 18.2. The first-order chi connectivity index (χ1) is 6.27. The van der Waals surface area contributed by atoms with Crippen molar-refractivity contribution in [2.24, 2.45) is 0 Å². The van der Waals surface area contributed by atoms with Gasteiger partial charge in [-0.1, -0.05) is 19.8 Å². The summed E-state index contributed by atoms with van der Waals surface area (Å²) >= 11 is 0. The van der Waals surface area contributed by atoms with Crippen molar-refractivity contribution >= 4 is 39.7 Å². The molecule has 0 spiro atoms. The molecule has 0 aromatic rings. The van der Waals surface area contributed by atoms with Gasteiger partial charge in [0.25, 0.3) is 10.1 Å². The van der Waals surface area contributed by atoms with Crippen molar-refractivity contribution in [2.75, 3.05) is 12.3 Å². The molecule has 0 aliphatic carbocycles. The van der Waals surface area contributed by atoms with Crippen molar-refractivity contribution in [3.05, 3.63) is 0 Å². The molecule has 0 rings (SSSR count). The zero-order valence-corrected chi connectivity index (χ0v) is 10.0. The number of nitrogens with one attached hydrogen (secondary N) is 1. The van der Waals surface area contributed by atoms with Crippen molar-refractivity contribution in [1.82, 2.24) is 5.32 Å². The Morgan fingerprint density at radius 1 is 1.27 bits per heavy atom. The van der Waals surface area contributed by atoms with Crippen LogP contribution < -0.4 is 5.32 Å². The Balaban J connectivity index is 0. The minimum absolute atomic E-state index is 0. The molecule has 0 bridgehead atoms. The summed E-state index contributed by atoms with van der Waals surface area (Å²) in [6.07, 6.45) is 3.31. The van der Waals surface area contributed by atoms with Gasteiger partial charge >= 0.3 is 29.6 Å².